The van der Waals surface area contributed by atoms with E-state index in [0.717, 1.165) is 17.1 Å². The third kappa shape index (κ3) is 4.30. The highest BCUT2D eigenvalue weighted by molar-refractivity contribution is 7.89. The molecule has 0 radical (unpaired) electrons. The van der Waals surface area contributed by atoms with Gasteiger partial charge in [0.25, 0.3) is 0 Å². The van der Waals surface area contributed by atoms with Gasteiger partial charge in [-0.3, -0.25) is 4.90 Å². The van der Waals surface area contributed by atoms with Crippen LogP contribution in [0.5, 0.6) is 0 Å². The van der Waals surface area contributed by atoms with E-state index in [4.69, 9.17) is 16.7 Å². The van der Waals surface area contributed by atoms with Crippen LogP contribution < -0.4 is 5.14 Å². The molecule has 4 nitrogen and oxygen atoms in total. The maximum Gasteiger partial charge on any atom is 0.238 e. The number of nitrogens with zero attached hydrogens (tertiary/aromatic N) is 1. The van der Waals surface area contributed by atoms with Gasteiger partial charge in [-0.1, -0.05) is 35.9 Å². The molecule has 1 atom stereocenters. The average Bonchev–Trinajstić information content (AvgIpc) is 2.48. The van der Waals surface area contributed by atoms with Crippen molar-refractivity contribution in [3.05, 3.63) is 64.7 Å². The fraction of sp³-hybridized carbons (Fsp3) is 0.250. The first kappa shape index (κ1) is 17.0. The Kier molecular flexibility index (Phi) is 5.24. The summed E-state index contributed by atoms with van der Waals surface area (Å²) in [6.45, 7) is 2.84. The first-order chi connectivity index (χ1) is 10.3. The Morgan fingerprint density at radius 1 is 1.09 bits per heavy atom. The van der Waals surface area contributed by atoms with Crippen LogP contribution in [-0.2, 0) is 16.6 Å². The Hall–Kier alpha value is -1.40. The minimum Gasteiger partial charge on any atom is -0.295 e. The molecule has 2 rings (SSSR count). The molecule has 0 heterocycles. The zero-order chi connectivity index (χ0) is 16.3. The maximum atomic E-state index is 11.3. The molecule has 0 amide bonds. The van der Waals surface area contributed by atoms with Crippen LogP contribution in [-0.4, -0.2) is 20.4 Å². The molecule has 0 aliphatic heterocycles. The summed E-state index contributed by atoms with van der Waals surface area (Å²) in [7, 11) is -1.62. The summed E-state index contributed by atoms with van der Waals surface area (Å²) >= 11 is 5.89. The third-order valence-electron chi connectivity index (χ3n) is 3.70. The van der Waals surface area contributed by atoms with Crippen LogP contribution in [0.15, 0.2) is 53.4 Å². The van der Waals surface area contributed by atoms with Crippen LogP contribution in [0.25, 0.3) is 0 Å². The number of halogens is 1. The third-order valence-corrected chi connectivity index (χ3v) is 4.88. The Balaban J connectivity index is 2.10. The lowest BCUT2D eigenvalue weighted by atomic mass is 10.1. The summed E-state index contributed by atoms with van der Waals surface area (Å²) in [4.78, 5) is 2.30. The van der Waals surface area contributed by atoms with Crippen LogP contribution in [0, 0.1) is 0 Å². The van der Waals surface area contributed by atoms with Crippen molar-refractivity contribution in [1.29, 1.82) is 0 Å². The number of nitrogens with two attached hydrogens (primary N) is 1. The molecular formula is C16H19ClN2O2S. The standard InChI is InChI=1S/C16H19ClN2O2S/c1-12(14-5-9-16(10-6-14)22(18,20)21)19(2)11-13-3-7-15(17)8-4-13/h3-10,12H,11H2,1-2H3,(H2,18,20,21)/t12-/m0/s1. The first-order valence-electron chi connectivity index (χ1n) is 6.85. The van der Waals surface area contributed by atoms with Gasteiger partial charge in [0.15, 0.2) is 0 Å². The molecule has 22 heavy (non-hydrogen) atoms. The lowest BCUT2D eigenvalue weighted by Crippen LogP contribution is -2.22. The van der Waals surface area contributed by atoms with Crippen LogP contribution in [0.1, 0.15) is 24.1 Å². The molecule has 2 aromatic rings. The van der Waals surface area contributed by atoms with Crippen molar-refractivity contribution < 1.29 is 8.42 Å². The van der Waals surface area contributed by atoms with Gasteiger partial charge in [-0.05, 0) is 49.4 Å². The Labute approximate surface area is 136 Å². The summed E-state index contributed by atoms with van der Waals surface area (Å²) in [5, 5.41) is 5.83. The lowest BCUT2D eigenvalue weighted by molar-refractivity contribution is 0.253. The second-order valence-corrected chi connectivity index (χ2v) is 7.33. The summed E-state index contributed by atoms with van der Waals surface area (Å²) in [6.07, 6.45) is 0. The number of benzene rings is 2. The number of rotatable bonds is 5. The molecule has 0 fully saturated rings. The van der Waals surface area contributed by atoms with E-state index in [1.807, 2.05) is 31.3 Å². The second-order valence-electron chi connectivity index (χ2n) is 5.33. The van der Waals surface area contributed by atoms with Crippen LogP contribution >= 0.6 is 11.6 Å². The van der Waals surface area contributed by atoms with Gasteiger partial charge < -0.3 is 0 Å². The van der Waals surface area contributed by atoms with E-state index in [1.54, 1.807) is 12.1 Å². The molecule has 0 bridgehead atoms. The van der Waals surface area contributed by atoms with Crippen molar-refractivity contribution in [2.75, 3.05) is 7.05 Å². The van der Waals surface area contributed by atoms with Crippen LogP contribution in [0.4, 0.5) is 0 Å². The van der Waals surface area contributed by atoms with E-state index in [-0.39, 0.29) is 10.9 Å². The van der Waals surface area contributed by atoms with Crippen molar-refractivity contribution in [3.8, 4) is 0 Å². The SMILES string of the molecule is C[C@@H](c1ccc(S(N)(=O)=O)cc1)N(C)Cc1ccc(Cl)cc1. The first-order valence-corrected chi connectivity index (χ1v) is 8.77. The highest BCUT2D eigenvalue weighted by atomic mass is 35.5. The van der Waals surface area contributed by atoms with Crippen molar-refractivity contribution >= 4 is 21.6 Å². The molecule has 0 spiro atoms. The largest absolute Gasteiger partial charge is 0.295 e. The average molecular weight is 339 g/mol. The van der Waals surface area contributed by atoms with Crippen LogP contribution in [0.3, 0.4) is 0 Å². The van der Waals surface area contributed by atoms with Gasteiger partial charge in [0.1, 0.15) is 0 Å². The van der Waals surface area contributed by atoms with Gasteiger partial charge in [0.05, 0.1) is 4.90 Å². The summed E-state index contributed by atoms with van der Waals surface area (Å²) < 4.78 is 22.5. The molecule has 6 heteroatoms. The molecular weight excluding hydrogens is 320 g/mol. The number of primary sulfonamides is 1. The second kappa shape index (κ2) is 6.79. The van der Waals surface area contributed by atoms with Crippen molar-refractivity contribution in [2.45, 2.75) is 24.4 Å². The van der Waals surface area contributed by atoms with E-state index in [2.05, 4.69) is 11.8 Å². The van der Waals surface area contributed by atoms with Crippen molar-refractivity contribution in [1.82, 2.24) is 4.90 Å². The minimum atomic E-state index is -3.64. The van der Waals surface area contributed by atoms with Gasteiger partial charge >= 0.3 is 0 Å². The normalized spacial score (nSPS) is 13.3. The van der Waals surface area contributed by atoms with E-state index in [9.17, 15) is 8.42 Å². The molecule has 0 aliphatic rings. The predicted octanol–water partition coefficient (Wildman–Crippen LogP) is 3.18. The Bertz CT molecular complexity index is 728. The minimum absolute atomic E-state index is 0.129. The summed E-state index contributed by atoms with van der Waals surface area (Å²) in [6, 6.07) is 14.5. The van der Waals surface area contributed by atoms with E-state index in [1.165, 1.54) is 17.7 Å². The van der Waals surface area contributed by atoms with Gasteiger partial charge in [-0.15, -0.1) is 0 Å². The highest BCUT2D eigenvalue weighted by Crippen LogP contribution is 2.22. The zero-order valence-corrected chi connectivity index (χ0v) is 14.1. The van der Waals surface area contributed by atoms with E-state index in [0.29, 0.717) is 0 Å². The van der Waals surface area contributed by atoms with Crippen LogP contribution in [0.2, 0.25) is 5.02 Å². The fourth-order valence-electron chi connectivity index (χ4n) is 2.21. The predicted molar refractivity (Wildman–Crippen MR) is 89.1 cm³/mol. The maximum absolute atomic E-state index is 11.3. The molecule has 2 aromatic carbocycles. The highest BCUT2D eigenvalue weighted by Gasteiger charge is 2.14. The molecule has 0 aromatic heterocycles. The van der Waals surface area contributed by atoms with Gasteiger partial charge in [-0.2, -0.15) is 0 Å². The van der Waals surface area contributed by atoms with Gasteiger partial charge in [0, 0.05) is 17.6 Å². The molecule has 2 N–H and O–H groups in total. The molecule has 0 saturated carbocycles. The Morgan fingerprint density at radius 3 is 2.14 bits per heavy atom. The Morgan fingerprint density at radius 2 is 1.64 bits per heavy atom. The summed E-state index contributed by atoms with van der Waals surface area (Å²) in [5.41, 5.74) is 2.20. The summed E-state index contributed by atoms with van der Waals surface area (Å²) in [5.74, 6) is 0. The van der Waals surface area contributed by atoms with Crippen molar-refractivity contribution in [3.63, 3.8) is 0 Å². The van der Waals surface area contributed by atoms with E-state index >= 15 is 0 Å². The molecule has 0 aliphatic carbocycles. The van der Waals surface area contributed by atoms with E-state index < -0.39 is 10.0 Å². The zero-order valence-electron chi connectivity index (χ0n) is 12.5. The van der Waals surface area contributed by atoms with Gasteiger partial charge in [0.2, 0.25) is 10.0 Å². The number of sulfonamides is 1. The molecule has 0 saturated heterocycles. The fourth-order valence-corrected chi connectivity index (χ4v) is 2.85. The smallest absolute Gasteiger partial charge is 0.238 e. The topological polar surface area (TPSA) is 63.4 Å². The van der Waals surface area contributed by atoms with Crippen molar-refractivity contribution in [2.24, 2.45) is 5.14 Å². The molecule has 118 valence electrons. The lowest BCUT2D eigenvalue weighted by Gasteiger charge is -2.25. The monoisotopic (exact) mass is 338 g/mol. The van der Waals surface area contributed by atoms with Gasteiger partial charge in [-0.25, -0.2) is 13.6 Å². The number of hydrogen-bond acceptors (Lipinski definition) is 3. The number of hydrogen-bond donors (Lipinski definition) is 1. The molecule has 0 unspecified atom stereocenters. The quantitative estimate of drug-likeness (QED) is 0.910.